The van der Waals surface area contributed by atoms with Crippen molar-refractivity contribution in [2.75, 3.05) is 6.54 Å². The van der Waals surface area contributed by atoms with Crippen molar-refractivity contribution in [2.24, 2.45) is 0 Å². The minimum atomic E-state index is -1.07. The molecule has 0 saturated carbocycles. The van der Waals surface area contributed by atoms with Gasteiger partial charge in [0.05, 0.1) is 11.3 Å². The Kier molecular flexibility index (Phi) is 8.87. The minimum Gasteiger partial charge on any atom is -0.449 e. The first-order valence-electron chi connectivity index (χ1n) is 11.0. The van der Waals surface area contributed by atoms with Gasteiger partial charge in [-0.15, -0.1) is 11.3 Å². The Balaban J connectivity index is 1.54. The normalized spacial score (nSPS) is 11.5. The Morgan fingerprint density at radius 1 is 0.853 bits per heavy atom. The number of ketones is 2. The van der Waals surface area contributed by atoms with Crippen LogP contribution < -0.4 is 5.32 Å². The Morgan fingerprint density at radius 2 is 1.50 bits per heavy atom. The lowest BCUT2D eigenvalue weighted by atomic mass is 9.98. The molecule has 0 bridgehead atoms. The molecule has 0 aliphatic carbocycles. The maximum atomic E-state index is 13.1. The highest BCUT2D eigenvalue weighted by Gasteiger charge is 2.26. The van der Waals surface area contributed by atoms with E-state index >= 15 is 0 Å². The Morgan fingerprint density at radius 3 is 2.12 bits per heavy atom. The zero-order valence-electron chi connectivity index (χ0n) is 19.2. The number of thiophene rings is 1. The van der Waals surface area contributed by atoms with Crippen LogP contribution in [0.25, 0.3) is 0 Å². The van der Waals surface area contributed by atoms with E-state index in [4.69, 9.17) is 4.74 Å². The highest BCUT2D eigenvalue weighted by atomic mass is 32.1. The molecule has 3 aromatic rings. The summed E-state index contributed by atoms with van der Waals surface area (Å²) in [6, 6.07) is 17.9. The van der Waals surface area contributed by atoms with Crippen LogP contribution in [-0.4, -0.2) is 30.0 Å². The van der Waals surface area contributed by atoms with Gasteiger partial charge < -0.3 is 10.1 Å². The van der Waals surface area contributed by atoms with Gasteiger partial charge in [-0.3, -0.25) is 19.2 Å². The fourth-order valence-corrected chi connectivity index (χ4v) is 3.95. The van der Waals surface area contributed by atoms with E-state index in [0.29, 0.717) is 16.0 Å². The number of carbonyl (C=O) groups excluding carboxylic acids is 4. The fraction of sp³-hybridized carbons (Fsp3) is 0.259. The molecular formula is C27H27NO5S. The largest absolute Gasteiger partial charge is 0.449 e. The third kappa shape index (κ3) is 7.22. The second kappa shape index (κ2) is 12.0. The number of hydrogen-bond acceptors (Lipinski definition) is 6. The summed E-state index contributed by atoms with van der Waals surface area (Å²) in [5.41, 5.74) is 3.08. The molecule has 34 heavy (non-hydrogen) atoms. The van der Waals surface area contributed by atoms with Crippen molar-refractivity contribution >= 4 is 34.8 Å². The number of benzene rings is 2. The van der Waals surface area contributed by atoms with E-state index in [1.165, 1.54) is 11.3 Å². The third-order valence-electron chi connectivity index (χ3n) is 5.23. The lowest BCUT2D eigenvalue weighted by molar-refractivity contribution is -0.147. The summed E-state index contributed by atoms with van der Waals surface area (Å²) in [6.07, 6.45) is -1.01. The van der Waals surface area contributed by atoms with Crippen molar-refractivity contribution in [1.29, 1.82) is 0 Å². The molecule has 1 aromatic heterocycles. The van der Waals surface area contributed by atoms with E-state index in [0.717, 1.165) is 11.1 Å². The summed E-state index contributed by atoms with van der Waals surface area (Å²) in [5.74, 6) is -1.31. The van der Waals surface area contributed by atoms with E-state index in [1.807, 2.05) is 43.5 Å². The van der Waals surface area contributed by atoms with Gasteiger partial charge in [0.15, 0.2) is 11.9 Å². The predicted octanol–water partition coefficient (Wildman–Crippen LogP) is 5.00. The van der Waals surface area contributed by atoms with Crippen LogP contribution in [0.2, 0.25) is 0 Å². The second-order valence-corrected chi connectivity index (χ2v) is 8.96. The number of esters is 1. The van der Waals surface area contributed by atoms with Crippen LogP contribution in [-0.2, 0) is 14.3 Å². The summed E-state index contributed by atoms with van der Waals surface area (Å²) in [5, 5.41) is 4.44. The zero-order valence-corrected chi connectivity index (χ0v) is 20.0. The number of carbonyl (C=O) groups is 4. The molecule has 0 spiro atoms. The van der Waals surface area contributed by atoms with Crippen LogP contribution in [0.4, 0.5) is 0 Å². The molecule has 3 rings (SSSR count). The van der Waals surface area contributed by atoms with Crippen LogP contribution in [0, 0.1) is 13.8 Å². The summed E-state index contributed by atoms with van der Waals surface area (Å²) in [6.45, 7) is 3.92. The molecule has 6 nitrogen and oxygen atoms in total. The number of aryl methyl sites for hydroxylation is 2. The van der Waals surface area contributed by atoms with Crippen LogP contribution in [0.3, 0.4) is 0 Å². The van der Waals surface area contributed by atoms with Crippen molar-refractivity contribution in [3.8, 4) is 0 Å². The molecule has 2 aromatic carbocycles. The number of Topliss-reactive ketones (excluding diaryl/α,β-unsaturated/α-hetero) is 2. The average molecular weight is 478 g/mol. The van der Waals surface area contributed by atoms with E-state index in [-0.39, 0.29) is 43.3 Å². The first-order valence-corrected chi connectivity index (χ1v) is 11.9. The highest BCUT2D eigenvalue weighted by Crippen LogP contribution is 2.24. The molecule has 0 fully saturated rings. The number of ether oxygens (including phenoxy) is 1. The van der Waals surface area contributed by atoms with Gasteiger partial charge in [0, 0.05) is 30.5 Å². The number of rotatable bonds is 11. The topological polar surface area (TPSA) is 89.5 Å². The molecule has 1 atom stereocenters. The highest BCUT2D eigenvalue weighted by molar-refractivity contribution is 7.12. The monoisotopic (exact) mass is 477 g/mol. The summed E-state index contributed by atoms with van der Waals surface area (Å²) < 4.78 is 5.56. The molecule has 0 aliphatic heterocycles. The van der Waals surface area contributed by atoms with Crippen molar-refractivity contribution in [3.05, 3.63) is 93.2 Å². The molecule has 0 saturated heterocycles. The van der Waals surface area contributed by atoms with Crippen molar-refractivity contribution in [3.63, 3.8) is 0 Å². The maximum absolute atomic E-state index is 13.1. The van der Waals surface area contributed by atoms with E-state index in [9.17, 15) is 19.2 Å². The average Bonchev–Trinajstić information content (AvgIpc) is 3.37. The van der Waals surface area contributed by atoms with Gasteiger partial charge in [-0.2, -0.15) is 0 Å². The van der Waals surface area contributed by atoms with Crippen LogP contribution in [0.1, 0.15) is 62.1 Å². The minimum absolute atomic E-state index is 0.0453. The lowest BCUT2D eigenvalue weighted by Crippen LogP contribution is -2.28. The number of amides is 1. The number of nitrogens with one attached hydrogen (secondary N) is 1. The van der Waals surface area contributed by atoms with Gasteiger partial charge in [-0.1, -0.05) is 65.7 Å². The van der Waals surface area contributed by atoms with Crippen molar-refractivity contribution in [2.45, 2.75) is 39.2 Å². The van der Waals surface area contributed by atoms with Crippen LogP contribution >= 0.6 is 11.3 Å². The Bertz CT molecular complexity index is 1130. The molecule has 0 aliphatic rings. The molecular weight excluding hydrogens is 450 g/mol. The summed E-state index contributed by atoms with van der Waals surface area (Å²) in [7, 11) is 0. The Hall–Kier alpha value is -3.58. The van der Waals surface area contributed by atoms with Crippen molar-refractivity contribution < 1.29 is 23.9 Å². The fourth-order valence-electron chi connectivity index (χ4n) is 3.25. The molecule has 0 radical (unpaired) electrons. The number of hydrogen-bond donors (Lipinski definition) is 1. The van der Waals surface area contributed by atoms with Gasteiger partial charge in [0.1, 0.15) is 0 Å². The quantitative estimate of drug-likeness (QED) is 0.310. The maximum Gasteiger partial charge on any atom is 0.308 e. The van der Waals surface area contributed by atoms with Gasteiger partial charge >= 0.3 is 5.97 Å². The molecule has 176 valence electrons. The Labute approximate surface area is 203 Å². The zero-order chi connectivity index (χ0) is 24.5. The first-order chi connectivity index (χ1) is 16.3. The molecule has 1 heterocycles. The SMILES string of the molecule is Cc1ccc(C(=O)[C@@H](OC(=O)CCNC(=O)CCC(=O)c2cccs2)c2ccc(C)cc2)cc1. The van der Waals surface area contributed by atoms with Gasteiger partial charge in [-0.05, 0) is 25.3 Å². The standard InChI is InChI=1S/C27H27NO5S/c1-18-5-9-20(10-6-18)26(32)27(21-11-7-19(2)8-12-21)33-25(31)15-16-28-24(30)14-13-22(29)23-4-3-17-34-23/h3-12,17,27H,13-16H2,1-2H3,(H,28,30)/t27-/m0/s1. The smallest absolute Gasteiger partial charge is 0.308 e. The van der Waals surface area contributed by atoms with Gasteiger partial charge in [0.25, 0.3) is 0 Å². The van der Waals surface area contributed by atoms with E-state index < -0.39 is 12.1 Å². The van der Waals surface area contributed by atoms with Crippen LogP contribution in [0.15, 0.2) is 66.0 Å². The summed E-state index contributed by atoms with van der Waals surface area (Å²) >= 11 is 1.34. The van der Waals surface area contributed by atoms with Crippen LogP contribution in [0.5, 0.6) is 0 Å². The summed E-state index contributed by atoms with van der Waals surface area (Å²) in [4.78, 5) is 50.3. The molecule has 7 heteroatoms. The van der Waals surface area contributed by atoms with Gasteiger partial charge in [0.2, 0.25) is 11.7 Å². The molecule has 1 amide bonds. The molecule has 1 N–H and O–H groups in total. The third-order valence-corrected chi connectivity index (χ3v) is 6.14. The first kappa shape index (κ1) is 25.1. The predicted molar refractivity (Wildman–Crippen MR) is 131 cm³/mol. The second-order valence-electron chi connectivity index (χ2n) is 8.01. The van der Waals surface area contributed by atoms with E-state index in [2.05, 4.69) is 5.32 Å². The molecule has 0 unspecified atom stereocenters. The van der Waals surface area contributed by atoms with Gasteiger partial charge in [-0.25, -0.2) is 0 Å². The lowest BCUT2D eigenvalue weighted by Gasteiger charge is -2.18. The van der Waals surface area contributed by atoms with Crippen molar-refractivity contribution in [1.82, 2.24) is 5.32 Å². The van der Waals surface area contributed by atoms with E-state index in [1.54, 1.807) is 36.4 Å².